The standard InChI is InChI=1S/C19H16N2O5/c1-19(2)25-17(23)15(18(24)26-19)11-12-10-14(8-9-16(12)22)21-20-13-6-4-3-5-7-13/h3-11,22H,1-2H3. The van der Waals surface area contributed by atoms with E-state index in [-0.39, 0.29) is 16.9 Å². The Bertz CT molecular complexity index is 895. The van der Waals surface area contributed by atoms with E-state index in [9.17, 15) is 14.7 Å². The van der Waals surface area contributed by atoms with Crippen molar-refractivity contribution in [3.8, 4) is 5.75 Å². The van der Waals surface area contributed by atoms with Crippen molar-refractivity contribution in [2.24, 2.45) is 10.2 Å². The zero-order chi connectivity index (χ0) is 18.7. The fraction of sp³-hybridized carbons (Fsp3) is 0.158. The lowest BCUT2D eigenvalue weighted by molar-refractivity contribution is -0.222. The molecular formula is C19H16N2O5. The molecule has 0 aliphatic carbocycles. The lowest BCUT2D eigenvalue weighted by atomic mass is 10.1. The molecule has 0 unspecified atom stereocenters. The van der Waals surface area contributed by atoms with Gasteiger partial charge >= 0.3 is 11.9 Å². The average Bonchev–Trinajstić information content (AvgIpc) is 2.58. The van der Waals surface area contributed by atoms with E-state index in [1.165, 1.54) is 32.1 Å². The Hall–Kier alpha value is -3.48. The molecule has 0 aromatic heterocycles. The van der Waals surface area contributed by atoms with Crippen LogP contribution in [0.3, 0.4) is 0 Å². The van der Waals surface area contributed by atoms with Crippen LogP contribution in [0.2, 0.25) is 0 Å². The number of phenolic OH excluding ortho intramolecular Hbond substituents is 1. The molecule has 1 fully saturated rings. The summed E-state index contributed by atoms with van der Waals surface area (Å²) in [6.45, 7) is 2.92. The lowest BCUT2D eigenvalue weighted by Gasteiger charge is -2.29. The van der Waals surface area contributed by atoms with Gasteiger partial charge in [0.05, 0.1) is 11.4 Å². The first kappa shape index (κ1) is 17.3. The number of hydrogen-bond donors (Lipinski definition) is 1. The molecule has 0 atom stereocenters. The van der Waals surface area contributed by atoms with Gasteiger partial charge in [-0.15, -0.1) is 0 Å². The van der Waals surface area contributed by atoms with Crippen LogP contribution < -0.4 is 0 Å². The molecule has 0 radical (unpaired) electrons. The molecule has 0 bridgehead atoms. The molecular weight excluding hydrogens is 336 g/mol. The van der Waals surface area contributed by atoms with Crippen molar-refractivity contribution in [2.75, 3.05) is 0 Å². The zero-order valence-electron chi connectivity index (χ0n) is 14.2. The van der Waals surface area contributed by atoms with E-state index >= 15 is 0 Å². The highest BCUT2D eigenvalue weighted by Gasteiger charge is 2.38. The SMILES string of the molecule is CC1(C)OC(=O)C(=Cc2cc(N=Nc3ccccc3)ccc2O)C(=O)O1. The topological polar surface area (TPSA) is 97.5 Å². The van der Waals surface area contributed by atoms with Crippen LogP contribution in [0.15, 0.2) is 64.3 Å². The minimum absolute atomic E-state index is 0.124. The minimum atomic E-state index is -1.32. The first-order chi connectivity index (χ1) is 12.3. The van der Waals surface area contributed by atoms with Crippen LogP contribution in [0.25, 0.3) is 6.08 Å². The summed E-state index contributed by atoms with van der Waals surface area (Å²) >= 11 is 0. The second-order valence-electron chi connectivity index (χ2n) is 6.02. The van der Waals surface area contributed by atoms with Gasteiger partial charge in [-0.3, -0.25) is 0 Å². The van der Waals surface area contributed by atoms with Crippen molar-refractivity contribution < 1.29 is 24.2 Å². The number of nitrogens with zero attached hydrogens (tertiary/aromatic N) is 2. The summed E-state index contributed by atoms with van der Waals surface area (Å²) in [5, 5.41) is 18.2. The maximum Gasteiger partial charge on any atom is 0.348 e. The van der Waals surface area contributed by atoms with Gasteiger partial charge in [0.1, 0.15) is 11.3 Å². The highest BCUT2D eigenvalue weighted by Crippen LogP contribution is 2.29. The third-order valence-corrected chi connectivity index (χ3v) is 3.46. The number of esters is 2. The van der Waals surface area contributed by atoms with Gasteiger partial charge in [-0.1, -0.05) is 18.2 Å². The summed E-state index contributed by atoms with van der Waals surface area (Å²) in [6, 6.07) is 13.6. The Kier molecular flexibility index (Phi) is 4.53. The fourth-order valence-electron chi connectivity index (χ4n) is 2.26. The molecule has 132 valence electrons. The first-order valence-electron chi connectivity index (χ1n) is 7.82. The lowest BCUT2D eigenvalue weighted by Crippen LogP contribution is -2.41. The van der Waals surface area contributed by atoms with E-state index in [2.05, 4.69) is 10.2 Å². The number of ether oxygens (including phenoxy) is 2. The van der Waals surface area contributed by atoms with Crippen LogP contribution in [0.1, 0.15) is 19.4 Å². The molecule has 1 aliphatic heterocycles. The quantitative estimate of drug-likeness (QED) is 0.389. The summed E-state index contributed by atoms with van der Waals surface area (Å²) < 4.78 is 10.1. The molecule has 0 spiro atoms. The minimum Gasteiger partial charge on any atom is -0.507 e. The zero-order valence-corrected chi connectivity index (χ0v) is 14.2. The third kappa shape index (κ3) is 3.94. The van der Waals surface area contributed by atoms with Crippen molar-refractivity contribution in [3.05, 3.63) is 59.7 Å². The number of aromatic hydroxyl groups is 1. The molecule has 1 aliphatic rings. The van der Waals surface area contributed by atoms with Crippen LogP contribution >= 0.6 is 0 Å². The third-order valence-electron chi connectivity index (χ3n) is 3.46. The highest BCUT2D eigenvalue weighted by atomic mass is 16.7. The number of hydrogen-bond acceptors (Lipinski definition) is 7. The van der Waals surface area contributed by atoms with E-state index in [4.69, 9.17) is 9.47 Å². The van der Waals surface area contributed by atoms with E-state index in [0.29, 0.717) is 11.4 Å². The Morgan fingerprint density at radius 2 is 1.54 bits per heavy atom. The molecule has 2 aromatic carbocycles. The predicted molar refractivity (Wildman–Crippen MR) is 93.0 cm³/mol. The van der Waals surface area contributed by atoms with Gasteiger partial charge in [0.15, 0.2) is 0 Å². The van der Waals surface area contributed by atoms with Crippen LogP contribution in [0.5, 0.6) is 5.75 Å². The molecule has 7 heteroatoms. The van der Waals surface area contributed by atoms with Gasteiger partial charge in [0, 0.05) is 19.4 Å². The number of benzene rings is 2. The van der Waals surface area contributed by atoms with Gasteiger partial charge in [-0.2, -0.15) is 10.2 Å². The fourth-order valence-corrected chi connectivity index (χ4v) is 2.26. The van der Waals surface area contributed by atoms with Crippen molar-refractivity contribution in [1.82, 2.24) is 0 Å². The summed E-state index contributed by atoms with van der Waals surface area (Å²) in [4.78, 5) is 24.0. The molecule has 1 heterocycles. The summed E-state index contributed by atoms with van der Waals surface area (Å²) in [5.74, 6) is -3.08. The second-order valence-corrected chi connectivity index (χ2v) is 6.02. The molecule has 1 saturated heterocycles. The van der Waals surface area contributed by atoms with Gasteiger partial charge < -0.3 is 14.6 Å². The number of carbonyl (C=O) groups excluding carboxylic acids is 2. The molecule has 0 saturated carbocycles. The van der Waals surface area contributed by atoms with E-state index in [1.54, 1.807) is 18.2 Å². The van der Waals surface area contributed by atoms with Crippen LogP contribution in [0, 0.1) is 0 Å². The molecule has 0 amide bonds. The summed E-state index contributed by atoms with van der Waals surface area (Å²) in [7, 11) is 0. The molecule has 26 heavy (non-hydrogen) atoms. The molecule has 1 N–H and O–H groups in total. The largest absolute Gasteiger partial charge is 0.507 e. The normalized spacial score (nSPS) is 16.3. The summed E-state index contributed by atoms with van der Waals surface area (Å²) in [5.41, 5.74) is 1.02. The van der Waals surface area contributed by atoms with E-state index in [1.807, 2.05) is 18.2 Å². The smallest absolute Gasteiger partial charge is 0.348 e. The van der Waals surface area contributed by atoms with Gasteiger partial charge in [0.2, 0.25) is 0 Å². The molecule has 3 rings (SSSR count). The molecule has 2 aromatic rings. The number of cyclic esters (lactones) is 2. The monoisotopic (exact) mass is 352 g/mol. The Morgan fingerprint density at radius 3 is 2.19 bits per heavy atom. The number of phenols is 1. The van der Waals surface area contributed by atoms with Gasteiger partial charge in [-0.05, 0) is 36.4 Å². The van der Waals surface area contributed by atoms with Crippen LogP contribution in [-0.4, -0.2) is 22.8 Å². The Labute approximate surface area is 149 Å². The Morgan fingerprint density at radius 1 is 0.923 bits per heavy atom. The van der Waals surface area contributed by atoms with Gasteiger partial charge in [0.25, 0.3) is 5.79 Å². The van der Waals surface area contributed by atoms with Gasteiger partial charge in [-0.25, -0.2) is 9.59 Å². The maximum absolute atomic E-state index is 12.0. The first-order valence-corrected chi connectivity index (χ1v) is 7.82. The summed E-state index contributed by atoms with van der Waals surface area (Å²) in [6.07, 6.45) is 1.21. The number of rotatable bonds is 3. The van der Waals surface area contributed by atoms with Crippen molar-refractivity contribution in [3.63, 3.8) is 0 Å². The average molecular weight is 352 g/mol. The second kappa shape index (κ2) is 6.79. The number of carbonyl (C=O) groups is 2. The van der Waals surface area contributed by atoms with E-state index in [0.717, 1.165) is 0 Å². The molecule has 7 nitrogen and oxygen atoms in total. The van der Waals surface area contributed by atoms with Crippen molar-refractivity contribution in [2.45, 2.75) is 19.6 Å². The van der Waals surface area contributed by atoms with Crippen LogP contribution in [-0.2, 0) is 19.1 Å². The van der Waals surface area contributed by atoms with Crippen molar-refractivity contribution in [1.29, 1.82) is 0 Å². The van der Waals surface area contributed by atoms with E-state index < -0.39 is 17.7 Å². The predicted octanol–water partition coefficient (Wildman–Crippen LogP) is 4.03. The van der Waals surface area contributed by atoms with Crippen LogP contribution in [0.4, 0.5) is 11.4 Å². The Balaban J connectivity index is 1.90. The highest BCUT2D eigenvalue weighted by molar-refractivity contribution is 6.19. The number of azo groups is 1. The van der Waals surface area contributed by atoms with Crippen molar-refractivity contribution >= 4 is 29.4 Å². The maximum atomic E-state index is 12.0.